The number of allylic oxidation sites excluding steroid dienone is 1. The van der Waals surface area contributed by atoms with E-state index in [1.807, 2.05) is 42.5 Å². The number of para-hydroxylation sites is 1. The molecule has 8 nitrogen and oxygen atoms in total. The van der Waals surface area contributed by atoms with Crippen molar-refractivity contribution in [1.82, 2.24) is 9.55 Å². The van der Waals surface area contributed by atoms with Gasteiger partial charge in [0.2, 0.25) is 0 Å². The molecule has 1 amide bonds. The van der Waals surface area contributed by atoms with Gasteiger partial charge in [-0.1, -0.05) is 74.0 Å². The minimum Gasteiger partial charge on any atom is -0.428 e. The minimum absolute atomic E-state index is 0.287. The zero-order chi connectivity index (χ0) is 32.0. The van der Waals surface area contributed by atoms with Crippen molar-refractivity contribution in [3.05, 3.63) is 113 Å². The predicted molar refractivity (Wildman–Crippen MR) is 175 cm³/mol. The van der Waals surface area contributed by atoms with Gasteiger partial charge in [-0.15, -0.1) is 0 Å². The van der Waals surface area contributed by atoms with Gasteiger partial charge in [0, 0.05) is 30.5 Å². The van der Waals surface area contributed by atoms with Crippen LogP contribution in [-0.2, 0) is 24.1 Å². The van der Waals surface area contributed by atoms with Crippen LogP contribution < -0.4 is 4.74 Å². The fourth-order valence-electron chi connectivity index (χ4n) is 5.18. The molecule has 1 aliphatic carbocycles. The second kappa shape index (κ2) is 13.7. The molecule has 0 saturated heterocycles. The number of fused-ring (bicyclic) bond motifs is 1. The third-order valence-electron chi connectivity index (χ3n) is 7.36. The molecule has 1 aromatic heterocycles. The first-order valence-corrected chi connectivity index (χ1v) is 15.2. The zero-order valence-corrected chi connectivity index (χ0v) is 26.1. The van der Waals surface area contributed by atoms with E-state index in [0.717, 1.165) is 53.2 Å². The molecule has 0 aliphatic heterocycles. The third-order valence-corrected chi connectivity index (χ3v) is 7.36. The number of aryl methyl sites for hydroxylation is 1. The van der Waals surface area contributed by atoms with Crippen molar-refractivity contribution in [3.8, 4) is 16.9 Å². The number of benzene rings is 3. The summed E-state index contributed by atoms with van der Waals surface area (Å²) in [5.74, 6) is 0.976. The Kier molecular flexibility index (Phi) is 9.52. The number of carbonyl (C=O) groups is 3. The topological polar surface area (TPSA) is 99.8 Å². The Balaban J connectivity index is 1.39. The second-order valence-electron chi connectivity index (χ2n) is 11.9. The van der Waals surface area contributed by atoms with Gasteiger partial charge in [0.15, 0.2) is 6.29 Å². The molecule has 45 heavy (non-hydrogen) atoms. The van der Waals surface area contributed by atoms with Crippen molar-refractivity contribution < 1.29 is 23.9 Å². The normalized spacial score (nSPS) is 13.4. The maximum Gasteiger partial charge on any atom is 0.514 e. The van der Waals surface area contributed by atoms with E-state index < -0.39 is 17.7 Å². The number of carbonyl (C=O) groups excluding carboxylic acids is 3. The molecule has 3 aromatic carbocycles. The molecule has 0 saturated carbocycles. The van der Waals surface area contributed by atoms with Gasteiger partial charge in [0.1, 0.15) is 17.2 Å². The lowest BCUT2D eigenvalue weighted by atomic mass is 10.0. The quantitative estimate of drug-likeness (QED) is 0.109. The van der Waals surface area contributed by atoms with Crippen LogP contribution in [0.5, 0.6) is 5.75 Å². The zero-order valence-electron chi connectivity index (χ0n) is 26.1. The molecule has 4 aromatic rings. The number of amides is 1. The molecule has 5 rings (SSSR count). The number of unbranched alkanes of at least 4 members (excludes halogenated alkanes) is 1. The molecule has 8 heteroatoms. The van der Waals surface area contributed by atoms with Gasteiger partial charge in [0.25, 0.3) is 5.91 Å². The van der Waals surface area contributed by atoms with Crippen LogP contribution in [0.4, 0.5) is 4.79 Å². The molecule has 230 valence electrons. The van der Waals surface area contributed by atoms with Crippen LogP contribution in [0.2, 0.25) is 0 Å². The standard InChI is InChI=1S/C37H37N3O5/c1-5-6-15-34-39-31-21-20-28(38-35(42)30-13-8-7-11-27(30)24-41)22-32(31)40(34)23-25-16-18-26(19-17-25)29-12-9-10-14-33(29)44-36(43)45-37(2,3)4/h7-14,16-21,24H,5-6,15,22-23H2,1-4H3. The first-order valence-electron chi connectivity index (χ1n) is 15.2. The number of ether oxygens (including phenoxy) is 2. The highest BCUT2D eigenvalue weighted by atomic mass is 16.7. The van der Waals surface area contributed by atoms with Crippen molar-refractivity contribution in [2.45, 2.75) is 65.5 Å². The molecule has 0 fully saturated rings. The number of aldehydes is 1. The molecular formula is C37H37N3O5. The second-order valence-corrected chi connectivity index (χ2v) is 11.9. The summed E-state index contributed by atoms with van der Waals surface area (Å²) in [7, 11) is 0. The van der Waals surface area contributed by atoms with Crippen molar-refractivity contribution in [2.24, 2.45) is 4.99 Å². The van der Waals surface area contributed by atoms with Crippen LogP contribution in [0.25, 0.3) is 17.2 Å². The maximum atomic E-state index is 13.0. The Morgan fingerprint density at radius 2 is 1.71 bits per heavy atom. The first-order chi connectivity index (χ1) is 21.6. The summed E-state index contributed by atoms with van der Waals surface area (Å²) < 4.78 is 13.1. The van der Waals surface area contributed by atoms with Gasteiger partial charge in [-0.25, -0.2) is 14.8 Å². The van der Waals surface area contributed by atoms with Gasteiger partial charge in [-0.05, 0) is 62.6 Å². The lowest BCUT2D eigenvalue weighted by molar-refractivity contribution is 0.0207. The Morgan fingerprint density at radius 3 is 2.44 bits per heavy atom. The van der Waals surface area contributed by atoms with E-state index in [1.54, 1.807) is 51.1 Å². The van der Waals surface area contributed by atoms with Crippen LogP contribution in [0.1, 0.15) is 84.0 Å². The van der Waals surface area contributed by atoms with Gasteiger partial charge in [0.05, 0.1) is 22.7 Å². The van der Waals surface area contributed by atoms with E-state index in [2.05, 4.69) is 28.6 Å². The molecule has 0 atom stereocenters. The molecule has 1 heterocycles. The number of hydrogen-bond acceptors (Lipinski definition) is 6. The van der Waals surface area contributed by atoms with Crippen LogP contribution >= 0.6 is 0 Å². The first kappa shape index (κ1) is 31.3. The van der Waals surface area contributed by atoms with Crippen LogP contribution in [0.15, 0.2) is 83.9 Å². The van der Waals surface area contributed by atoms with E-state index in [0.29, 0.717) is 36.3 Å². The average molecular weight is 604 g/mol. The summed E-state index contributed by atoms with van der Waals surface area (Å²) in [6, 6.07) is 22.2. The van der Waals surface area contributed by atoms with E-state index in [9.17, 15) is 14.4 Å². The highest BCUT2D eigenvalue weighted by Crippen LogP contribution is 2.31. The fraction of sp³-hybridized carbons (Fsp3) is 0.270. The lowest BCUT2D eigenvalue weighted by Gasteiger charge is -2.19. The number of rotatable bonds is 9. The van der Waals surface area contributed by atoms with Crippen molar-refractivity contribution in [1.29, 1.82) is 0 Å². The molecule has 0 bridgehead atoms. The highest BCUT2D eigenvalue weighted by Gasteiger charge is 2.22. The SMILES string of the molecule is CCCCc1nc2c(n1Cc1ccc(-c3ccccc3OC(=O)OC(C)(C)C)cc1)CC(=NC(=O)c1ccccc1C=O)C=C2. The summed E-state index contributed by atoms with van der Waals surface area (Å²) >= 11 is 0. The van der Waals surface area contributed by atoms with E-state index in [-0.39, 0.29) is 5.56 Å². The maximum absolute atomic E-state index is 13.0. The Labute approximate surface area is 263 Å². The largest absolute Gasteiger partial charge is 0.514 e. The minimum atomic E-state index is -0.748. The number of aliphatic imine (C=N–C) groups is 1. The van der Waals surface area contributed by atoms with Crippen molar-refractivity contribution in [2.75, 3.05) is 0 Å². The third kappa shape index (κ3) is 7.70. The Hall–Kier alpha value is -5.11. The van der Waals surface area contributed by atoms with E-state index in [1.165, 1.54) is 0 Å². The number of nitrogens with zero attached hydrogens (tertiary/aromatic N) is 3. The Bertz CT molecular complexity index is 1770. The van der Waals surface area contributed by atoms with Gasteiger partial charge in [-0.3, -0.25) is 9.59 Å². The molecule has 0 unspecified atom stereocenters. The highest BCUT2D eigenvalue weighted by molar-refractivity contribution is 6.12. The van der Waals surface area contributed by atoms with Crippen molar-refractivity contribution >= 4 is 30.1 Å². The van der Waals surface area contributed by atoms with Gasteiger partial charge in [-0.2, -0.15) is 0 Å². The van der Waals surface area contributed by atoms with Crippen LogP contribution in [0, 0.1) is 0 Å². The van der Waals surface area contributed by atoms with Crippen LogP contribution in [-0.4, -0.2) is 39.2 Å². The van der Waals surface area contributed by atoms with E-state index >= 15 is 0 Å². The fourth-order valence-corrected chi connectivity index (χ4v) is 5.18. The smallest absolute Gasteiger partial charge is 0.428 e. The Morgan fingerprint density at radius 1 is 0.978 bits per heavy atom. The molecule has 0 radical (unpaired) electrons. The lowest BCUT2D eigenvalue weighted by Crippen LogP contribution is -2.26. The summed E-state index contributed by atoms with van der Waals surface area (Å²) in [4.78, 5) is 46.1. The monoisotopic (exact) mass is 603 g/mol. The summed E-state index contributed by atoms with van der Waals surface area (Å²) in [5.41, 5.74) is 5.21. The van der Waals surface area contributed by atoms with Gasteiger partial charge < -0.3 is 14.0 Å². The number of hydrogen-bond donors (Lipinski definition) is 0. The summed E-state index contributed by atoms with van der Waals surface area (Å²) in [5, 5.41) is 0. The average Bonchev–Trinajstić information content (AvgIpc) is 3.35. The predicted octanol–water partition coefficient (Wildman–Crippen LogP) is 7.92. The number of imidazole rings is 1. The van der Waals surface area contributed by atoms with Crippen molar-refractivity contribution in [3.63, 3.8) is 0 Å². The van der Waals surface area contributed by atoms with E-state index in [4.69, 9.17) is 14.5 Å². The summed E-state index contributed by atoms with van der Waals surface area (Å²) in [6.07, 6.45) is 7.01. The molecule has 1 aliphatic rings. The molecule has 0 N–H and O–H groups in total. The summed E-state index contributed by atoms with van der Waals surface area (Å²) in [6.45, 7) is 8.14. The molecular weight excluding hydrogens is 566 g/mol. The number of aromatic nitrogens is 2. The molecule has 0 spiro atoms. The van der Waals surface area contributed by atoms with Crippen LogP contribution in [0.3, 0.4) is 0 Å². The van der Waals surface area contributed by atoms with Gasteiger partial charge >= 0.3 is 6.16 Å².